The standard InChI is InChI=1S/C15H13BrO2/c1-10-8-13(16)6-7-15(10)18-14-5-3-4-12(9-14)11(2)17/h3-9H,1-2H3. The summed E-state index contributed by atoms with van der Waals surface area (Å²) in [6.07, 6.45) is 0. The van der Waals surface area contributed by atoms with Crippen molar-refractivity contribution >= 4 is 21.7 Å². The van der Waals surface area contributed by atoms with E-state index in [0.717, 1.165) is 15.8 Å². The van der Waals surface area contributed by atoms with Gasteiger partial charge in [0.05, 0.1) is 0 Å². The molecule has 2 aromatic carbocycles. The van der Waals surface area contributed by atoms with Crippen molar-refractivity contribution in [2.75, 3.05) is 0 Å². The Morgan fingerprint density at radius 1 is 1.17 bits per heavy atom. The minimum atomic E-state index is 0.0352. The van der Waals surface area contributed by atoms with Gasteiger partial charge in [-0.1, -0.05) is 28.1 Å². The van der Waals surface area contributed by atoms with Crippen molar-refractivity contribution in [1.82, 2.24) is 0 Å². The predicted molar refractivity (Wildman–Crippen MR) is 75.4 cm³/mol. The van der Waals surface area contributed by atoms with Crippen molar-refractivity contribution in [3.05, 3.63) is 58.1 Å². The molecule has 0 saturated carbocycles. The lowest BCUT2D eigenvalue weighted by atomic mass is 10.1. The molecule has 0 aliphatic carbocycles. The van der Waals surface area contributed by atoms with Crippen molar-refractivity contribution in [3.8, 4) is 11.5 Å². The van der Waals surface area contributed by atoms with E-state index in [1.54, 1.807) is 19.1 Å². The highest BCUT2D eigenvalue weighted by Gasteiger charge is 2.04. The van der Waals surface area contributed by atoms with Crippen molar-refractivity contribution in [2.24, 2.45) is 0 Å². The molecule has 0 N–H and O–H groups in total. The zero-order chi connectivity index (χ0) is 13.1. The van der Waals surface area contributed by atoms with Gasteiger partial charge in [-0.05, 0) is 49.7 Å². The summed E-state index contributed by atoms with van der Waals surface area (Å²) < 4.78 is 6.80. The van der Waals surface area contributed by atoms with Crippen LogP contribution in [0.5, 0.6) is 11.5 Å². The van der Waals surface area contributed by atoms with E-state index in [-0.39, 0.29) is 5.78 Å². The molecular formula is C15H13BrO2. The molecule has 3 heteroatoms. The molecule has 0 fully saturated rings. The molecule has 2 aromatic rings. The number of Topliss-reactive ketones (excluding diaryl/α,β-unsaturated/α-hetero) is 1. The third kappa shape index (κ3) is 2.99. The van der Waals surface area contributed by atoms with Gasteiger partial charge in [-0.15, -0.1) is 0 Å². The SMILES string of the molecule is CC(=O)c1cccc(Oc2ccc(Br)cc2C)c1. The number of rotatable bonds is 3. The number of ketones is 1. The van der Waals surface area contributed by atoms with Gasteiger partial charge in [-0.25, -0.2) is 0 Å². The van der Waals surface area contributed by atoms with E-state index in [1.807, 2.05) is 37.3 Å². The summed E-state index contributed by atoms with van der Waals surface area (Å²) in [6, 6.07) is 13.0. The number of hydrogen-bond acceptors (Lipinski definition) is 2. The maximum absolute atomic E-state index is 11.3. The number of halogens is 1. The zero-order valence-electron chi connectivity index (χ0n) is 10.2. The lowest BCUT2D eigenvalue weighted by Crippen LogP contribution is -1.93. The highest BCUT2D eigenvalue weighted by atomic mass is 79.9. The van der Waals surface area contributed by atoms with E-state index < -0.39 is 0 Å². The Morgan fingerprint density at radius 2 is 1.94 bits per heavy atom. The van der Waals surface area contributed by atoms with Crippen molar-refractivity contribution < 1.29 is 9.53 Å². The van der Waals surface area contributed by atoms with Crippen LogP contribution in [0.2, 0.25) is 0 Å². The molecule has 0 aliphatic rings. The fraction of sp³-hybridized carbons (Fsp3) is 0.133. The van der Waals surface area contributed by atoms with E-state index in [1.165, 1.54) is 0 Å². The molecule has 0 heterocycles. The first-order valence-electron chi connectivity index (χ1n) is 5.61. The Labute approximate surface area is 115 Å². The topological polar surface area (TPSA) is 26.3 Å². The number of ether oxygens (including phenoxy) is 1. The predicted octanol–water partition coefficient (Wildman–Crippen LogP) is 4.75. The lowest BCUT2D eigenvalue weighted by molar-refractivity contribution is 0.101. The second kappa shape index (κ2) is 5.36. The van der Waals surface area contributed by atoms with Gasteiger partial charge in [-0.2, -0.15) is 0 Å². The first-order chi connectivity index (χ1) is 8.56. The van der Waals surface area contributed by atoms with Gasteiger partial charge in [0, 0.05) is 10.0 Å². The molecule has 0 unspecified atom stereocenters. The number of carbonyl (C=O) groups is 1. The van der Waals surface area contributed by atoms with Crippen molar-refractivity contribution in [2.45, 2.75) is 13.8 Å². The molecular weight excluding hydrogens is 292 g/mol. The average Bonchev–Trinajstić information content (AvgIpc) is 2.33. The van der Waals surface area contributed by atoms with Gasteiger partial charge in [0.25, 0.3) is 0 Å². The van der Waals surface area contributed by atoms with Crippen LogP contribution < -0.4 is 4.74 Å². The summed E-state index contributed by atoms with van der Waals surface area (Å²) >= 11 is 3.41. The molecule has 0 amide bonds. The number of carbonyl (C=O) groups excluding carboxylic acids is 1. The van der Waals surface area contributed by atoms with Crippen molar-refractivity contribution in [3.63, 3.8) is 0 Å². The summed E-state index contributed by atoms with van der Waals surface area (Å²) in [6.45, 7) is 3.53. The third-order valence-electron chi connectivity index (χ3n) is 2.61. The fourth-order valence-electron chi connectivity index (χ4n) is 1.63. The lowest BCUT2D eigenvalue weighted by Gasteiger charge is -2.09. The molecule has 0 aliphatic heterocycles. The van der Waals surface area contributed by atoms with Gasteiger partial charge in [-0.3, -0.25) is 4.79 Å². The number of hydrogen-bond donors (Lipinski definition) is 0. The van der Waals surface area contributed by atoms with Crippen LogP contribution in [0.3, 0.4) is 0 Å². The number of benzene rings is 2. The maximum Gasteiger partial charge on any atom is 0.159 e. The highest BCUT2D eigenvalue weighted by Crippen LogP contribution is 2.27. The molecule has 18 heavy (non-hydrogen) atoms. The van der Waals surface area contributed by atoms with E-state index in [9.17, 15) is 4.79 Å². The first kappa shape index (κ1) is 12.8. The molecule has 0 spiro atoms. The minimum absolute atomic E-state index is 0.0352. The van der Waals surface area contributed by atoms with Crippen LogP contribution >= 0.6 is 15.9 Å². The van der Waals surface area contributed by atoms with Crippen molar-refractivity contribution in [1.29, 1.82) is 0 Å². The van der Waals surface area contributed by atoms with Gasteiger partial charge >= 0.3 is 0 Å². The molecule has 0 bridgehead atoms. The van der Waals surface area contributed by atoms with Crippen LogP contribution in [0.1, 0.15) is 22.8 Å². The number of aryl methyl sites for hydroxylation is 1. The quantitative estimate of drug-likeness (QED) is 0.765. The van der Waals surface area contributed by atoms with Crippen LogP contribution in [0.4, 0.5) is 0 Å². The van der Waals surface area contributed by atoms with E-state index in [0.29, 0.717) is 11.3 Å². The van der Waals surface area contributed by atoms with E-state index in [2.05, 4.69) is 15.9 Å². The summed E-state index contributed by atoms with van der Waals surface area (Å²) in [4.78, 5) is 11.3. The molecule has 0 radical (unpaired) electrons. The van der Waals surface area contributed by atoms with Gasteiger partial charge in [0.15, 0.2) is 5.78 Å². The van der Waals surface area contributed by atoms with Crippen LogP contribution in [-0.4, -0.2) is 5.78 Å². The van der Waals surface area contributed by atoms with Gasteiger partial charge in [0.1, 0.15) is 11.5 Å². The highest BCUT2D eigenvalue weighted by molar-refractivity contribution is 9.10. The monoisotopic (exact) mass is 304 g/mol. The smallest absolute Gasteiger partial charge is 0.159 e. The van der Waals surface area contributed by atoms with Crippen LogP contribution in [0.15, 0.2) is 46.9 Å². The second-order valence-electron chi connectivity index (χ2n) is 4.10. The van der Waals surface area contributed by atoms with E-state index >= 15 is 0 Å². The van der Waals surface area contributed by atoms with Crippen LogP contribution in [0.25, 0.3) is 0 Å². The Balaban J connectivity index is 2.28. The molecule has 92 valence electrons. The Bertz CT molecular complexity index is 591. The van der Waals surface area contributed by atoms with Crippen LogP contribution in [-0.2, 0) is 0 Å². The summed E-state index contributed by atoms with van der Waals surface area (Å²) in [5.41, 5.74) is 1.69. The van der Waals surface area contributed by atoms with Gasteiger partial charge in [0.2, 0.25) is 0 Å². The second-order valence-corrected chi connectivity index (χ2v) is 5.01. The molecule has 0 atom stereocenters. The van der Waals surface area contributed by atoms with Crippen LogP contribution in [0, 0.1) is 6.92 Å². The zero-order valence-corrected chi connectivity index (χ0v) is 11.8. The maximum atomic E-state index is 11.3. The van der Waals surface area contributed by atoms with E-state index in [4.69, 9.17) is 4.74 Å². The Morgan fingerprint density at radius 3 is 2.61 bits per heavy atom. The fourth-order valence-corrected chi connectivity index (χ4v) is 2.11. The average molecular weight is 305 g/mol. The Hall–Kier alpha value is -1.61. The summed E-state index contributed by atoms with van der Waals surface area (Å²) in [5, 5.41) is 0. The summed E-state index contributed by atoms with van der Waals surface area (Å²) in [7, 11) is 0. The largest absolute Gasteiger partial charge is 0.457 e. The third-order valence-corrected chi connectivity index (χ3v) is 3.10. The minimum Gasteiger partial charge on any atom is -0.457 e. The molecule has 0 saturated heterocycles. The summed E-state index contributed by atoms with van der Waals surface area (Å²) in [5.74, 6) is 1.50. The Kier molecular flexibility index (Phi) is 3.82. The molecule has 0 aromatic heterocycles. The first-order valence-corrected chi connectivity index (χ1v) is 6.40. The van der Waals surface area contributed by atoms with Gasteiger partial charge < -0.3 is 4.74 Å². The molecule has 2 nitrogen and oxygen atoms in total. The molecule has 2 rings (SSSR count). The normalized spacial score (nSPS) is 10.2.